The Bertz CT molecular complexity index is 1850. The topological polar surface area (TPSA) is 149 Å². The summed E-state index contributed by atoms with van der Waals surface area (Å²) in [5.41, 5.74) is -0.111. The summed E-state index contributed by atoms with van der Waals surface area (Å²) in [5.74, 6) is -2.10. The highest BCUT2D eigenvalue weighted by Crippen LogP contribution is 2.57. The number of nitrogens with zero attached hydrogens (tertiary/aromatic N) is 2. The zero-order valence-corrected chi connectivity index (χ0v) is 31.6. The standard InChI is InChI=1S/C41H53N3O8S/c1-3-26-9-8-10-27-13-14-29-17-18-42-38(33(29)19-27)52-31-20-35(36(45)23-41(22-30(41)4-2)40(48)43-53(49,50)32-15-16-32)44(24-31)39(47)34(21-37(46)51-25-26)28-11-6-5-7-12-28/h4,13-14,17-19,26,28,30-32,34-35H,2-3,5-12,15-16,20-25H2,1H3,(H,43,48)/t26-,30+,31+,34-,35-,41+/m0/s1. The summed E-state index contributed by atoms with van der Waals surface area (Å²) in [6, 6.07) is 7.27. The number of pyridine rings is 1. The molecular weight excluding hydrogens is 695 g/mol. The first-order valence-corrected chi connectivity index (χ1v) is 21.3. The van der Waals surface area contributed by atoms with E-state index in [4.69, 9.17) is 9.47 Å². The second-order valence-electron chi connectivity index (χ2n) is 16.2. The Morgan fingerprint density at radius 3 is 2.58 bits per heavy atom. The van der Waals surface area contributed by atoms with Gasteiger partial charge in [-0.25, -0.2) is 13.4 Å². The van der Waals surface area contributed by atoms with Crippen LogP contribution in [0.2, 0.25) is 0 Å². The average molecular weight is 748 g/mol. The van der Waals surface area contributed by atoms with Crippen LogP contribution in [0, 0.1) is 29.1 Å². The van der Waals surface area contributed by atoms with Gasteiger partial charge in [-0.15, -0.1) is 6.58 Å². The van der Waals surface area contributed by atoms with Crippen LogP contribution in [-0.4, -0.2) is 72.4 Å². The Labute approximate surface area is 312 Å². The number of Topliss-reactive ketones (excluding diaryl/α,β-unsaturated/α-hetero) is 1. The zero-order valence-electron chi connectivity index (χ0n) is 30.8. The molecule has 1 aromatic heterocycles. The van der Waals surface area contributed by atoms with Crippen molar-refractivity contribution < 1.29 is 37.1 Å². The van der Waals surface area contributed by atoms with E-state index in [0.717, 1.165) is 74.1 Å². The molecule has 53 heavy (non-hydrogen) atoms. The van der Waals surface area contributed by atoms with Crippen LogP contribution >= 0.6 is 0 Å². The lowest BCUT2D eigenvalue weighted by molar-refractivity contribution is -0.153. The summed E-state index contributed by atoms with van der Waals surface area (Å²) in [5, 5.41) is 1.24. The number of sulfonamides is 1. The quantitative estimate of drug-likeness (QED) is 0.247. The van der Waals surface area contributed by atoms with Crippen molar-refractivity contribution in [1.82, 2.24) is 14.6 Å². The van der Waals surface area contributed by atoms with Crippen molar-refractivity contribution >= 4 is 44.4 Å². The molecule has 2 amide bonds. The minimum atomic E-state index is -3.83. The first-order valence-electron chi connectivity index (χ1n) is 19.7. The van der Waals surface area contributed by atoms with E-state index in [-0.39, 0.29) is 55.3 Å². The molecule has 0 unspecified atom stereocenters. The van der Waals surface area contributed by atoms with Gasteiger partial charge in [0.15, 0.2) is 5.78 Å². The maximum Gasteiger partial charge on any atom is 0.306 e. The van der Waals surface area contributed by atoms with Gasteiger partial charge in [0.05, 0.1) is 42.2 Å². The van der Waals surface area contributed by atoms with Crippen LogP contribution in [0.25, 0.3) is 10.8 Å². The Hall–Kier alpha value is -3.80. The summed E-state index contributed by atoms with van der Waals surface area (Å²) in [7, 11) is -3.83. The van der Waals surface area contributed by atoms with Crippen molar-refractivity contribution in [2.75, 3.05) is 13.2 Å². The number of nitrogens with one attached hydrogen (secondary N) is 1. The van der Waals surface area contributed by atoms with E-state index < -0.39 is 50.6 Å². The highest BCUT2D eigenvalue weighted by atomic mass is 32.2. The molecule has 0 spiro atoms. The van der Waals surface area contributed by atoms with E-state index in [1.807, 2.05) is 6.07 Å². The molecule has 4 bridgehead atoms. The van der Waals surface area contributed by atoms with Crippen LogP contribution in [0.4, 0.5) is 0 Å². The molecule has 4 fully saturated rings. The average Bonchev–Trinajstić information content (AvgIpc) is 4.08. The number of rotatable bonds is 9. The number of allylic oxidation sites excluding steroid dienone is 1. The SMILES string of the molecule is C=C[C@@H]1C[C@]1(CC(=O)[C@@H]1C[C@@H]2CN1C(=O)[C@H](C1CCCCC1)CC(=O)OC[C@@H](CC)CCCc1ccc3ccnc(c3c1)O2)C(=O)NS(=O)(=O)C1CC1. The van der Waals surface area contributed by atoms with Gasteiger partial charge in [-0.3, -0.25) is 23.9 Å². The summed E-state index contributed by atoms with van der Waals surface area (Å²) >= 11 is 0. The molecular formula is C41H53N3O8S. The van der Waals surface area contributed by atoms with Crippen LogP contribution in [0.1, 0.15) is 102 Å². The number of ether oxygens (including phenoxy) is 2. The Morgan fingerprint density at radius 2 is 1.87 bits per heavy atom. The minimum absolute atomic E-state index is 0.0245. The second kappa shape index (κ2) is 15.5. The van der Waals surface area contributed by atoms with Gasteiger partial charge >= 0.3 is 5.97 Å². The third kappa shape index (κ3) is 8.17. The van der Waals surface area contributed by atoms with Crippen molar-refractivity contribution in [2.24, 2.45) is 29.1 Å². The van der Waals surface area contributed by atoms with Gasteiger partial charge in [-0.1, -0.05) is 50.8 Å². The Kier molecular flexibility index (Phi) is 11.0. The van der Waals surface area contributed by atoms with E-state index in [0.29, 0.717) is 31.7 Å². The third-order valence-corrected chi connectivity index (χ3v) is 14.4. The number of carbonyl (C=O) groups is 4. The second-order valence-corrected chi connectivity index (χ2v) is 18.2. The number of hydrogen-bond acceptors (Lipinski definition) is 9. The molecule has 5 aliphatic rings. The van der Waals surface area contributed by atoms with Gasteiger partial charge in [0.1, 0.15) is 6.10 Å². The molecule has 2 aliphatic heterocycles. The van der Waals surface area contributed by atoms with Gasteiger partial charge in [0.2, 0.25) is 27.7 Å². The predicted octanol–water partition coefficient (Wildman–Crippen LogP) is 5.84. The highest BCUT2D eigenvalue weighted by molar-refractivity contribution is 7.90. The molecule has 286 valence electrons. The molecule has 3 heterocycles. The number of fused-ring (bicyclic) bond motifs is 3. The summed E-state index contributed by atoms with van der Waals surface area (Å²) in [6.45, 7) is 6.37. The maximum atomic E-state index is 14.8. The van der Waals surface area contributed by atoms with Crippen LogP contribution in [0.3, 0.4) is 0 Å². The van der Waals surface area contributed by atoms with Gasteiger partial charge < -0.3 is 14.4 Å². The summed E-state index contributed by atoms with van der Waals surface area (Å²) in [6.07, 6.45) is 12.1. The molecule has 3 aliphatic carbocycles. The van der Waals surface area contributed by atoms with E-state index in [1.165, 1.54) is 0 Å². The van der Waals surface area contributed by atoms with E-state index in [2.05, 4.69) is 41.4 Å². The number of carbonyl (C=O) groups excluding carboxylic acids is 4. The fraction of sp³-hybridized carbons (Fsp3) is 0.634. The Balaban J connectivity index is 1.21. The van der Waals surface area contributed by atoms with Crippen LogP contribution < -0.4 is 9.46 Å². The number of benzene rings is 1. The molecule has 1 saturated heterocycles. The molecule has 6 atom stereocenters. The molecule has 11 nitrogen and oxygen atoms in total. The lowest BCUT2D eigenvalue weighted by Gasteiger charge is -2.34. The molecule has 2 aromatic rings. The largest absolute Gasteiger partial charge is 0.472 e. The molecule has 12 heteroatoms. The van der Waals surface area contributed by atoms with E-state index in [9.17, 15) is 27.6 Å². The van der Waals surface area contributed by atoms with Crippen LogP contribution in [-0.2, 0) is 40.4 Å². The normalized spacial score (nSPS) is 30.2. The number of esters is 1. The van der Waals surface area contributed by atoms with Gasteiger partial charge in [0.25, 0.3) is 0 Å². The first kappa shape index (κ1) is 37.5. The summed E-state index contributed by atoms with van der Waals surface area (Å²) < 4.78 is 40.3. The molecule has 1 aromatic carbocycles. The van der Waals surface area contributed by atoms with E-state index >= 15 is 0 Å². The highest BCUT2D eigenvalue weighted by Gasteiger charge is 2.61. The number of ketones is 1. The van der Waals surface area contributed by atoms with Crippen molar-refractivity contribution in [3.63, 3.8) is 0 Å². The number of aryl methyl sites for hydroxylation is 1. The molecule has 0 radical (unpaired) electrons. The minimum Gasteiger partial charge on any atom is -0.472 e. The maximum absolute atomic E-state index is 14.8. The van der Waals surface area contributed by atoms with E-state index in [1.54, 1.807) is 17.2 Å². The van der Waals surface area contributed by atoms with Crippen molar-refractivity contribution in [1.29, 1.82) is 0 Å². The van der Waals surface area contributed by atoms with Crippen molar-refractivity contribution in [3.8, 4) is 5.88 Å². The number of amides is 2. The number of aromatic nitrogens is 1. The third-order valence-electron chi connectivity index (χ3n) is 12.6. The number of hydrogen-bond donors (Lipinski definition) is 1. The fourth-order valence-electron chi connectivity index (χ4n) is 8.99. The molecule has 1 N–H and O–H groups in total. The zero-order chi connectivity index (χ0) is 37.3. The lowest BCUT2D eigenvalue weighted by atomic mass is 9.77. The molecule has 7 rings (SSSR count). The smallest absolute Gasteiger partial charge is 0.306 e. The van der Waals surface area contributed by atoms with Crippen LogP contribution in [0.15, 0.2) is 43.1 Å². The van der Waals surface area contributed by atoms with Gasteiger partial charge in [-0.05, 0) is 92.2 Å². The molecule has 3 saturated carbocycles. The van der Waals surface area contributed by atoms with Crippen molar-refractivity contribution in [2.45, 2.75) is 121 Å². The summed E-state index contributed by atoms with van der Waals surface area (Å²) in [4.78, 5) is 62.6. The first-order chi connectivity index (χ1) is 25.5. The monoisotopic (exact) mass is 747 g/mol. The van der Waals surface area contributed by atoms with Crippen LogP contribution in [0.5, 0.6) is 5.88 Å². The lowest BCUT2D eigenvalue weighted by Crippen LogP contribution is -2.48. The Morgan fingerprint density at radius 1 is 1.08 bits per heavy atom. The predicted molar refractivity (Wildman–Crippen MR) is 199 cm³/mol. The van der Waals surface area contributed by atoms with Crippen molar-refractivity contribution in [3.05, 3.63) is 48.7 Å². The fourth-order valence-corrected chi connectivity index (χ4v) is 10.4. The number of cyclic esters (lactones) is 1. The van der Waals surface area contributed by atoms with Gasteiger partial charge in [-0.2, -0.15) is 0 Å². The van der Waals surface area contributed by atoms with Gasteiger partial charge in [0, 0.05) is 24.4 Å².